The zero-order chi connectivity index (χ0) is 28.2. The van der Waals surface area contributed by atoms with Crippen molar-refractivity contribution in [2.75, 3.05) is 10.8 Å². The van der Waals surface area contributed by atoms with Crippen LogP contribution in [0, 0.1) is 30.9 Å². The second-order valence-corrected chi connectivity index (χ2v) is 10.6. The molecule has 10 nitrogen and oxygen atoms in total. The molecule has 0 unspecified atom stereocenters. The number of hydrogen-bond acceptors (Lipinski definition) is 6. The van der Waals surface area contributed by atoms with Gasteiger partial charge in [-0.3, -0.25) is 19.2 Å². The molecule has 0 fully saturated rings. The number of nitro benzene ring substituents is 1. The van der Waals surface area contributed by atoms with Crippen LogP contribution in [-0.4, -0.2) is 36.6 Å². The lowest BCUT2D eigenvalue weighted by Crippen LogP contribution is -2.39. The van der Waals surface area contributed by atoms with Gasteiger partial charge in [-0.25, -0.2) is 13.8 Å². The van der Waals surface area contributed by atoms with Gasteiger partial charge in [0.05, 0.1) is 16.8 Å². The number of anilines is 1. The molecule has 0 radical (unpaired) electrons. The molecule has 4 aromatic rings. The maximum absolute atomic E-state index is 13.5. The van der Waals surface area contributed by atoms with Crippen molar-refractivity contribution >= 4 is 33.5 Å². The third-order valence-corrected chi connectivity index (χ3v) is 8.00. The molecule has 0 spiro atoms. The molecule has 0 saturated carbocycles. The summed E-state index contributed by atoms with van der Waals surface area (Å²) in [4.78, 5) is 23.1. The van der Waals surface area contributed by atoms with Gasteiger partial charge in [0, 0.05) is 28.7 Å². The van der Waals surface area contributed by atoms with Gasteiger partial charge in [0.2, 0.25) is 0 Å². The number of aryl methyl sites for hydroxylation is 2. The van der Waals surface area contributed by atoms with Crippen molar-refractivity contribution in [2.24, 2.45) is 5.10 Å². The van der Waals surface area contributed by atoms with Gasteiger partial charge in [-0.2, -0.15) is 5.10 Å². The van der Waals surface area contributed by atoms with Gasteiger partial charge < -0.3 is 4.57 Å². The second-order valence-electron chi connectivity index (χ2n) is 8.81. The fraction of sp³-hybridized carbons (Fsp3) is 0.143. The summed E-state index contributed by atoms with van der Waals surface area (Å²) in [6, 6.07) is 22.9. The van der Waals surface area contributed by atoms with E-state index in [4.69, 9.17) is 0 Å². The van der Waals surface area contributed by atoms with E-state index < -0.39 is 38.0 Å². The summed E-state index contributed by atoms with van der Waals surface area (Å²) in [5.41, 5.74) is 6.81. The lowest BCUT2D eigenvalue weighted by molar-refractivity contribution is -0.387. The molecule has 39 heavy (non-hydrogen) atoms. The van der Waals surface area contributed by atoms with E-state index in [0.717, 1.165) is 44.6 Å². The molecule has 0 aliphatic carbocycles. The molecule has 0 atom stereocenters. The molecule has 1 N–H and O–H groups in total. The van der Waals surface area contributed by atoms with Crippen LogP contribution in [0.2, 0.25) is 0 Å². The van der Waals surface area contributed by atoms with Crippen LogP contribution in [0.4, 0.5) is 11.4 Å². The predicted molar refractivity (Wildman–Crippen MR) is 150 cm³/mol. The standard InChI is InChI=1S/C28H27N5O5S/c1-20-11-7-8-14-25(20)32-21(2)17-23(22(32)3)18-29-30-28(34)19-31(24-12-5-4-6-13-24)39(37,38)27-16-10-9-15-26(27)33(35)36/h4-18H,19H2,1-3H3,(H,30,34)/b29-18+. The monoisotopic (exact) mass is 545 g/mol. The largest absolute Gasteiger partial charge is 0.318 e. The SMILES string of the molecule is Cc1ccccc1-n1c(C)cc(/C=N/NC(=O)CN(c2ccccc2)S(=O)(=O)c2ccccc2[N+](=O)[O-])c1C. The van der Waals surface area contributed by atoms with E-state index in [1.807, 2.05) is 51.1 Å². The number of nitrogens with zero attached hydrogens (tertiary/aromatic N) is 4. The fourth-order valence-corrected chi connectivity index (χ4v) is 5.88. The fourth-order valence-electron chi connectivity index (χ4n) is 4.30. The van der Waals surface area contributed by atoms with E-state index in [9.17, 15) is 23.3 Å². The summed E-state index contributed by atoms with van der Waals surface area (Å²) < 4.78 is 30.0. The van der Waals surface area contributed by atoms with Crippen LogP contribution in [0.5, 0.6) is 0 Å². The van der Waals surface area contributed by atoms with Crippen molar-refractivity contribution in [3.8, 4) is 5.69 Å². The Balaban J connectivity index is 1.58. The van der Waals surface area contributed by atoms with Crippen LogP contribution in [0.25, 0.3) is 5.69 Å². The number of nitrogens with one attached hydrogen (secondary N) is 1. The third kappa shape index (κ3) is 5.73. The normalized spacial score (nSPS) is 11.5. The number of para-hydroxylation sites is 3. The molecule has 200 valence electrons. The Bertz CT molecular complexity index is 1660. The molecule has 0 saturated heterocycles. The number of aromatic nitrogens is 1. The quantitative estimate of drug-likeness (QED) is 0.186. The summed E-state index contributed by atoms with van der Waals surface area (Å²) in [5, 5.41) is 15.6. The van der Waals surface area contributed by atoms with E-state index >= 15 is 0 Å². The number of rotatable bonds is 9. The highest BCUT2D eigenvalue weighted by Gasteiger charge is 2.33. The minimum atomic E-state index is -4.47. The van der Waals surface area contributed by atoms with Crippen LogP contribution in [0.3, 0.4) is 0 Å². The number of benzene rings is 3. The van der Waals surface area contributed by atoms with Gasteiger partial charge in [0.25, 0.3) is 21.6 Å². The second kappa shape index (κ2) is 11.3. The van der Waals surface area contributed by atoms with Crippen molar-refractivity contribution in [3.63, 3.8) is 0 Å². The molecule has 1 aromatic heterocycles. The van der Waals surface area contributed by atoms with Crippen molar-refractivity contribution in [1.29, 1.82) is 0 Å². The first-order valence-corrected chi connectivity index (χ1v) is 13.4. The van der Waals surface area contributed by atoms with Gasteiger partial charge in [-0.05, 0) is 56.7 Å². The van der Waals surface area contributed by atoms with E-state index in [1.54, 1.807) is 18.2 Å². The Hall–Kier alpha value is -4.77. The van der Waals surface area contributed by atoms with Crippen molar-refractivity contribution < 1.29 is 18.1 Å². The number of sulfonamides is 1. The third-order valence-electron chi connectivity index (χ3n) is 6.18. The lowest BCUT2D eigenvalue weighted by atomic mass is 10.2. The predicted octanol–water partition coefficient (Wildman–Crippen LogP) is 4.66. The number of hydrogen-bond donors (Lipinski definition) is 1. The molecule has 1 heterocycles. The number of nitro groups is 1. The minimum Gasteiger partial charge on any atom is -0.318 e. The zero-order valence-electron chi connectivity index (χ0n) is 21.6. The topological polar surface area (TPSA) is 127 Å². The minimum absolute atomic E-state index is 0.177. The van der Waals surface area contributed by atoms with Crippen molar-refractivity contribution in [1.82, 2.24) is 9.99 Å². The van der Waals surface area contributed by atoms with Crippen molar-refractivity contribution in [2.45, 2.75) is 25.7 Å². The number of amides is 1. The van der Waals surface area contributed by atoms with E-state index in [0.29, 0.717) is 0 Å². The number of carbonyl (C=O) groups is 1. The molecule has 11 heteroatoms. The molecule has 0 aliphatic heterocycles. The maximum Gasteiger partial charge on any atom is 0.289 e. The van der Waals surface area contributed by atoms with Crippen LogP contribution in [0.1, 0.15) is 22.5 Å². The van der Waals surface area contributed by atoms with Crippen LogP contribution in [-0.2, 0) is 14.8 Å². The maximum atomic E-state index is 13.5. The Morgan fingerprint density at radius 3 is 2.33 bits per heavy atom. The molecular weight excluding hydrogens is 518 g/mol. The Labute approximate surface area is 226 Å². The van der Waals surface area contributed by atoms with Gasteiger partial charge in [-0.15, -0.1) is 0 Å². The van der Waals surface area contributed by atoms with Gasteiger partial charge in [0.1, 0.15) is 6.54 Å². The highest BCUT2D eigenvalue weighted by Crippen LogP contribution is 2.29. The van der Waals surface area contributed by atoms with Gasteiger partial charge in [-0.1, -0.05) is 48.5 Å². The highest BCUT2D eigenvalue weighted by atomic mass is 32.2. The first-order valence-electron chi connectivity index (χ1n) is 12.0. The number of carbonyl (C=O) groups excluding carboxylic acids is 1. The summed E-state index contributed by atoms with van der Waals surface area (Å²) in [5.74, 6) is -0.718. The molecule has 0 bridgehead atoms. The summed E-state index contributed by atoms with van der Waals surface area (Å²) in [7, 11) is -4.47. The average Bonchev–Trinajstić information content (AvgIpc) is 3.20. The average molecular weight is 546 g/mol. The van der Waals surface area contributed by atoms with Crippen LogP contribution < -0.4 is 9.73 Å². The van der Waals surface area contributed by atoms with Crippen LogP contribution >= 0.6 is 0 Å². The Morgan fingerprint density at radius 1 is 1.00 bits per heavy atom. The first-order chi connectivity index (χ1) is 18.6. The lowest BCUT2D eigenvalue weighted by Gasteiger charge is -2.23. The first kappa shape index (κ1) is 27.3. The summed E-state index contributed by atoms with van der Waals surface area (Å²) in [6.45, 7) is 5.30. The Morgan fingerprint density at radius 2 is 1.64 bits per heavy atom. The van der Waals surface area contributed by atoms with Gasteiger partial charge in [0.15, 0.2) is 4.90 Å². The molecule has 1 amide bonds. The smallest absolute Gasteiger partial charge is 0.289 e. The summed E-state index contributed by atoms with van der Waals surface area (Å²) >= 11 is 0. The number of hydrazone groups is 1. The molecule has 4 rings (SSSR count). The molecule has 0 aliphatic rings. The van der Waals surface area contributed by atoms with Crippen molar-refractivity contribution in [3.05, 3.63) is 118 Å². The van der Waals surface area contributed by atoms with E-state index in [-0.39, 0.29) is 5.69 Å². The van der Waals surface area contributed by atoms with Crippen LogP contribution in [0.15, 0.2) is 94.9 Å². The molecule has 3 aromatic carbocycles. The summed E-state index contributed by atoms with van der Waals surface area (Å²) in [6.07, 6.45) is 1.50. The van der Waals surface area contributed by atoms with E-state index in [2.05, 4.69) is 15.1 Å². The van der Waals surface area contributed by atoms with E-state index in [1.165, 1.54) is 30.5 Å². The highest BCUT2D eigenvalue weighted by molar-refractivity contribution is 7.93. The van der Waals surface area contributed by atoms with Gasteiger partial charge >= 0.3 is 0 Å². The Kier molecular flexibility index (Phi) is 7.91. The zero-order valence-corrected chi connectivity index (χ0v) is 22.4. The molecular formula is C28H27N5O5S.